The maximum absolute atomic E-state index is 12.8. The number of sulfonamides is 1. The average molecular weight is 369 g/mol. The van der Waals surface area contributed by atoms with E-state index in [0.717, 1.165) is 0 Å². The van der Waals surface area contributed by atoms with Crippen molar-refractivity contribution in [2.45, 2.75) is 31.7 Å². The molecule has 1 saturated heterocycles. The largest absolute Gasteiger partial charge is 0.325 e. The van der Waals surface area contributed by atoms with Crippen LogP contribution in [0.25, 0.3) is 0 Å². The monoisotopic (exact) mass is 368 g/mol. The van der Waals surface area contributed by atoms with E-state index < -0.39 is 16.1 Å². The summed E-state index contributed by atoms with van der Waals surface area (Å²) in [6, 6.07) is 5.64. The molecule has 1 aliphatic heterocycles. The molecule has 8 heteroatoms. The number of nitrogens with two attached hydrogens (primary N) is 1. The molecule has 0 aliphatic carbocycles. The molecule has 0 saturated carbocycles. The lowest BCUT2D eigenvalue weighted by Gasteiger charge is -2.31. The second-order valence-electron chi connectivity index (χ2n) is 7.57. The van der Waals surface area contributed by atoms with E-state index in [-0.39, 0.29) is 16.2 Å². The molecular weight excluding hydrogens is 340 g/mol. The summed E-state index contributed by atoms with van der Waals surface area (Å²) in [6.07, 6.45) is 0. The fourth-order valence-electron chi connectivity index (χ4n) is 2.53. The lowest BCUT2D eigenvalue weighted by Crippen LogP contribution is -2.47. The van der Waals surface area contributed by atoms with Crippen LogP contribution in [0.1, 0.15) is 20.8 Å². The molecule has 3 N–H and O–H groups in total. The van der Waals surface area contributed by atoms with Crippen LogP contribution in [0.15, 0.2) is 29.2 Å². The van der Waals surface area contributed by atoms with Gasteiger partial charge in [0.15, 0.2) is 0 Å². The summed E-state index contributed by atoms with van der Waals surface area (Å²) in [5.74, 6) is -0.332. The van der Waals surface area contributed by atoms with Gasteiger partial charge in [-0.15, -0.1) is 0 Å². The molecule has 1 aromatic rings. The van der Waals surface area contributed by atoms with Crippen LogP contribution in [0.2, 0.25) is 0 Å². The number of rotatable bonds is 4. The van der Waals surface area contributed by atoms with Crippen molar-refractivity contribution in [3.63, 3.8) is 0 Å². The SMILES string of the molecule is CN1CCN(S(=O)(=O)c2cccc(NC(=O)[C@@H](N)C(C)(C)C)c2)CC1. The third-order valence-electron chi connectivity index (χ3n) is 4.42. The molecule has 0 radical (unpaired) electrons. The topological polar surface area (TPSA) is 95.7 Å². The molecule has 1 heterocycles. The number of carbonyl (C=O) groups excluding carboxylic acids is 1. The van der Waals surface area contributed by atoms with E-state index in [1.54, 1.807) is 18.2 Å². The van der Waals surface area contributed by atoms with Crippen molar-refractivity contribution in [3.05, 3.63) is 24.3 Å². The Balaban J connectivity index is 2.17. The highest BCUT2D eigenvalue weighted by Crippen LogP contribution is 2.22. The molecule has 1 amide bonds. The summed E-state index contributed by atoms with van der Waals surface area (Å²) in [7, 11) is -1.60. The average Bonchev–Trinajstić information content (AvgIpc) is 2.54. The zero-order chi connectivity index (χ0) is 18.8. The van der Waals surface area contributed by atoms with Crippen LogP contribution in [0.4, 0.5) is 5.69 Å². The summed E-state index contributed by atoms with van der Waals surface area (Å²) in [5.41, 5.74) is 6.00. The maximum atomic E-state index is 12.8. The van der Waals surface area contributed by atoms with Crippen LogP contribution >= 0.6 is 0 Å². The minimum Gasteiger partial charge on any atom is -0.325 e. The number of benzene rings is 1. The van der Waals surface area contributed by atoms with Crippen molar-refractivity contribution in [2.24, 2.45) is 11.1 Å². The third kappa shape index (κ3) is 4.78. The number of amides is 1. The quantitative estimate of drug-likeness (QED) is 0.824. The van der Waals surface area contributed by atoms with E-state index in [9.17, 15) is 13.2 Å². The second kappa shape index (κ2) is 7.41. The predicted octanol–water partition coefficient (Wildman–Crippen LogP) is 0.935. The van der Waals surface area contributed by atoms with Gasteiger partial charge in [0.25, 0.3) is 0 Å². The van der Waals surface area contributed by atoms with Gasteiger partial charge >= 0.3 is 0 Å². The highest BCUT2D eigenvalue weighted by Gasteiger charge is 2.29. The summed E-state index contributed by atoms with van der Waals surface area (Å²) in [5, 5.41) is 2.72. The number of hydrogen-bond acceptors (Lipinski definition) is 5. The van der Waals surface area contributed by atoms with Crippen molar-refractivity contribution in [3.8, 4) is 0 Å². The molecule has 1 fully saturated rings. The van der Waals surface area contributed by atoms with Crippen LogP contribution in [0, 0.1) is 5.41 Å². The molecule has 0 bridgehead atoms. The predicted molar refractivity (Wildman–Crippen MR) is 98.8 cm³/mol. The Morgan fingerprint density at radius 2 is 1.80 bits per heavy atom. The van der Waals surface area contributed by atoms with Crippen LogP contribution in [-0.2, 0) is 14.8 Å². The molecule has 25 heavy (non-hydrogen) atoms. The van der Waals surface area contributed by atoms with Gasteiger partial charge in [0.05, 0.1) is 10.9 Å². The van der Waals surface area contributed by atoms with Gasteiger partial charge in [0, 0.05) is 31.9 Å². The molecule has 140 valence electrons. The number of anilines is 1. The maximum Gasteiger partial charge on any atom is 0.243 e. The van der Waals surface area contributed by atoms with Crippen LogP contribution in [0.3, 0.4) is 0 Å². The number of likely N-dealkylation sites (N-methyl/N-ethyl adjacent to an activating group) is 1. The van der Waals surface area contributed by atoms with Gasteiger partial charge < -0.3 is 16.0 Å². The van der Waals surface area contributed by atoms with E-state index in [2.05, 4.69) is 10.2 Å². The molecule has 7 nitrogen and oxygen atoms in total. The molecule has 1 aliphatic rings. The van der Waals surface area contributed by atoms with Crippen molar-refractivity contribution >= 4 is 21.6 Å². The van der Waals surface area contributed by atoms with Gasteiger partial charge in [-0.1, -0.05) is 26.8 Å². The van der Waals surface area contributed by atoms with Crippen molar-refractivity contribution in [1.29, 1.82) is 0 Å². The van der Waals surface area contributed by atoms with E-state index in [1.807, 2.05) is 27.8 Å². The Morgan fingerprint density at radius 1 is 1.20 bits per heavy atom. The number of hydrogen-bond donors (Lipinski definition) is 2. The number of carbonyl (C=O) groups is 1. The van der Waals surface area contributed by atoms with Gasteiger partial charge in [0.2, 0.25) is 15.9 Å². The second-order valence-corrected chi connectivity index (χ2v) is 9.51. The van der Waals surface area contributed by atoms with Gasteiger partial charge in [0.1, 0.15) is 0 Å². The summed E-state index contributed by atoms with van der Waals surface area (Å²) >= 11 is 0. The fraction of sp³-hybridized carbons (Fsp3) is 0.588. The normalized spacial score (nSPS) is 18.8. The molecule has 0 spiro atoms. The zero-order valence-corrected chi connectivity index (χ0v) is 16.1. The highest BCUT2D eigenvalue weighted by molar-refractivity contribution is 7.89. The molecular formula is C17H28N4O3S. The summed E-state index contributed by atoms with van der Waals surface area (Å²) in [6.45, 7) is 7.98. The van der Waals surface area contributed by atoms with Gasteiger partial charge in [-0.05, 0) is 30.7 Å². The Bertz CT molecular complexity index is 720. The first-order valence-electron chi connectivity index (χ1n) is 8.37. The standard InChI is InChI=1S/C17H28N4O3S/c1-17(2,3)15(18)16(22)19-13-6-5-7-14(12-13)25(23,24)21-10-8-20(4)9-11-21/h5-7,12,15H,8-11,18H2,1-4H3,(H,19,22)/t15-/m1/s1. The number of piperazine rings is 1. The van der Waals surface area contributed by atoms with E-state index >= 15 is 0 Å². The lowest BCUT2D eigenvalue weighted by molar-refractivity contribution is -0.119. The molecule has 0 unspecified atom stereocenters. The van der Waals surface area contributed by atoms with E-state index in [0.29, 0.717) is 31.9 Å². The van der Waals surface area contributed by atoms with Crippen molar-refractivity contribution in [1.82, 2.24) is 9.21 Å². The zero-order valence-electron chi connectivity index (χ0n) is 15.3. The van der Waals surface area contributed by atoms with Crippen molar-refractivity contribution < 1.29 is 13.2 Å². The highest BCUT2D eigenvalue weighted by atomic mass is 32.2. The first-order valence-corrected chi connectivity index (χ1v) is 9.81. The Morgan fingerprint density at radius 3 is 2.36 bits per heavy atom. The first kappa shape index (κ1) is 19.8. The van der Waals surface area contributed by atoms with Gasteiger partial charge in [-0.3, -0.25) is 4.79 Å². The lowest BCUT2D eigenvalue weighted by atomic mass is 9.87. The van der Waals surface area contributed by atoms with E-state index in [4.69, 9.17) is 5.73 Å². The summed E-state index contributed by atoms with van der Waals surface area (Å²) < 4.78 is 27.1. The first-order chi connectivity index (χ1) is 11.5. The molecule has 2 rings (SSSR count). The molecule has 0 aromatic heterocycles. The van der Waals surface area contributed by atoms with E-state index in [1.165, 1.54) is 10.4 Å². The molecule has 1 aromatic carbocycles. The summed E-state index contributed by atoms with van der Waals surface area (Å²) in [4.78, 5) is 14.5. The minimum absolute atomic E-state index is 0.180. The smallest absolute Gasteiger partial charge is 0.243 e. The van der Waals surface area contributed by atoms with Crippen molar-refractivity contribution in [2.75, 3.05) is 38.5 Å². The van der Waals surface area contributed by atoms with Crippen LogP contribution in [-0.4, -0.2) is 62.8 Å². The van der Waals surface area contributed by atoms with Crippen LogP contribution in [0.5, 0.6) is 0 Å². The Kier molecular flexibility index (Phi) is 5.88. The number of nitrogens with one attached hydrogen (secondary N) is 1. The van der Waals surface area contributed by atoms with Gasteiger partial charge in [-0.25, -0.2) is 8.42 Å². The minimum atomic E-state index is -3.57. The Labute approximate surface area is 150 Å². The number of nitrogens with zero attached hydrogens (tertiary/aromatic N) is 2. The Hall–Kier alpha value is -1.48. The molecule has 1 atom stereocenters. The fourth-order valence-corrected chi connectivity index (χ4v) is 3.99. The van der Waals surface area contributed by atoms with Gasteiger partial charge in [-0.2, -0.15) is 4.31 Å². The third-order valence-corrected chi connectivity index (χ3v) is 6.31. The van der Waals surface area contributed by atoms with Crippen LogP contribution < -0.4 is 11.1 Å².